The Kier molecular flexibility index (Phi) is 39.3. The van der Waals surface area contributed by atoms with Gasteiger partial charge in [0, 0.05) is 94.5 Å². The Hall–Kier alpha value is -4.56. The van der Waals surface area contributed by atoms with E-state index < -0.39 is 0 Å². The molecule has 2 fully saturated rings. The van der Waals surface area contributed by atoms with Crippen molar-refractivity contribution in [2.24, 2.45) is 0 Å². The molecule has 0 aliphatic carbocycles. The van der Waals surface area contributed by atoms with Gasteiger partial charge < -0.3 is 0 Å². The molecular weight excluding hydrogens is 1540 g/mol. The molecule has 9 rings (SSSR count). The molecule has 606 valence electrons. The molecule has 8 nitrogen and oxygen atoms in total. The molecule has 0 aromatic carbocycles. The summed E-state index contributed by atoms with van der Waals surface area (Å²) in [7, 11) is 0. The highest BCUT2D eigenvalue weighted by atomic mass is 32.1. The molecule has 9 heterocycles. The normalized spacial score (nSPS) is 13.7. The zero-order valence-corrected chi connectivity index (χ0v) is 76.7. The number of amides is 4. The summed E-state index contributed by atoms with van der Waals surface area (Å²) in [5.41, 5.74) is 8.90. The summed E-state index contributed by atoms with van der Waals surface area (Å²) in [5, 5.41) is 0.590. The first kappa shape index (κ1) is 90.4. The molecule has 2 aliphatic heterocycles. The van der Waals surface area contributed by atoms with Gasteiger partial charge in [0.1, 0.15) is 11.1 Å². The van der Waals surface area contributed by atoms with E-state index in [1.807, 2.05) is 96.5 Å². The number of nitrogens with zero attached hydrogens (tertiary/aromatic N) is 4. The number of rotatable bonds is 54. The van der Waals surface area contributed by atoms with Gasteiger partial charge >= 0.3 is 0 Å². The zero-order chi connectivity index (χ0) is 79.0. The van der Waals surface area contributed by atoms with E-state index in [0.29, 0.717) is 36.4 Å². The molecule has 0 N–H and O–H groups in total. The Morgan fingerprint density at radius 3 is 0.676 bits per heavy atom. The minimum atomic E-state index is -0.301. The standard InChI is InChI=1S/C94H132N4O4S9/c1-11-21-27-33-39-45-51-67-59-73(65-75-89(99)95(17-7)93(103)96(18-8)90(75)100)105-85(67)79-63-71(55-49-43-37-31-25-15-5)87(110-79)81-61-69(53-47-41-35-29-23-13-3)83(108-81)77-57-58-78(107-77)84-70(54-48-42-36-30-24-14-4)62-82(109-84)88-72(56-50-44-38-32-26-16-6)64-80(111-88)86-68(52-46-40-34-28-22-12-2)60-74(106-86)66-76-91(101)97(19-9)94(104)98(20-10)92(76)102/h57-66H,11-56H2,1-10H3. The van der Waals surface area contributed by atoms with Crippen LogP contribution in [-0.2, 0) is 57.7 Å². The summed E-state index contributed by atoms with van der Waals surface area (Å²) in [6.07, 6.45) is 54.5. The van der Waals surface area contributed by atoms with Crippen molar-refractivity contribution in [3.05, 3.63) is 103 Å². The van der Waals surface area contributed by atoms with Crippen molar-refractivity contribution in [3.63, 3.8) is 0 Å². The first-order chi connectivity index (χ1) is 54.2. The number of carbonyl (C=O) groups is 4. The smallest absolute Gasteiger partial charge is 0.265 e. The molecule has 4 amide bonds. The highest BCUT2D eigenvalue weighted by Gasteiger charge is 2.40. The van der Waals surface area contributed by atoms with Crippen molar-refractivity contribution >= 4 is 150 Å². The second-order valence-corrected chi connectivity index (χ2v) is 39.2. The Balaban J connectivity index is 1.14. The first-order valence-electron chi connectivity index (χ1n) is 43.9. The highest BCUT2D eigenvalue weighted by molar-refractivity contribution is 7.80. The van der Waals surface area contributed by atoms with E-state index in [1.54, 1.807) is 42.3 Å². The quantitative estimate of drug-likeness (QED) is 0.0164. The lowest BCUT2D eigenvalue weighted by atomic mass is 10.0. The minimum Gasteiger partial charge on any atom is -0.285 e. The van der Waals surface area contributed by atoms with Gasteiger partial charge in [-0.2, -0.15) is 0 Å². The Morgan fingerprint density at radius 2 is 0.450 bits per heavy atom. The maximum absolute atomic E-state index is 14.1. The van der Waals surface area contributed by atoms with E-state index in [2.05, 4.69) is 90.1 Å². The third-order valence-electron chi connectivity index (χ3n) is 22.3. The van der Waals surface area contributed by atoms with Gasteiger partial charge in [-0.25, -0.2) is 0 Å². The minimum absolute atomic E-state index is 0.197. The maximum Gasteiger partial charge on any atom is 0.265 e. The topological polar surface area (TPSA) is 81.2 Å². The average molecular weight is 1670 g/mol. The Bertz CT molecular complexity index is 3840. The summed E-state index contributed by atoms with van der Waals surface area (Å²) in [6, 6.07) is 19.9. The largest absolute Gasteiger partial charge is 0.285 e. The third-order valence-corrected chi connectivity index (χ3v) is 32.3. The fourth-order valence-electron chi connectivity index (χ4n) is 15.8. The van der Waals surface area contributed by atoms with Crippen LogP contribution in [0.5, 0.6) is 0 Å². The number of thiophene rings is 7. The van der Waals surface area contributed by atoms with Crippen LogP contribution in [0.2, 0.25) is 0 Å². The van der Waals surface area contributed by atoms with Crippen molar-refractivity contribution in [2.75, 3.05) is 26.2 Å². The molecular formula is C94H132N4O4S9. The summed E-state index contributed by atoms with van der Waals surface area (Å²) < 4.78 is 0. The van der Waals surface area contributed by atoms with Crippen LogP contribution in [0.1, 0.15) is 344 Å². The van der Waals surface area contributed by atoms with Crippen molar-refractivity contribution in [2.45, 2.75) is 339 Å². The van der Waals surface area contributed by atoms with Crippen LogP contribution >= 0.6 is 104 Å². The molecule has 2 saturated heterocycles. The molecule has 0 radical (unpaired) electrons. The van der Waals surface area contributed by atoms with Gasteiger partial charge in [-0.1, -0.05) is 234 Å². The molecule has 111 heavy (non-hydrogen) atoms. The van der Waals surface area contributed by atoms with Crippen LogP contribution in [0, 0.1) is 0 Å². The molecule has 2 aliphatic rings. The SMILES string of the molecule is CCCCCCCCc1cc(C=C2C(=O)N(CC)C(=S)N(CC)C2=O)sc1-c1cc(CCCCCCCC)c(-c2cc(CCCCCCCC)c(-c3ccc(-c4sc(-c5sc(-c6sc(C=C7C(=O)N(CC)C(=S)N(CC)C7=O)cc6CCCCCCCC)cc5CCCCCCCC)cc4CCCCCCCC)s3)s2)s1. The summed E-state index contributed by atoms with van der Waals surface area (Å²) >= 11 is 24.9. The first-order valence-corrected chi connectivity index (χ1v) is 50.4. The lowest BCUT2D eigenvalue weighted by Gasteiger charge is -2.35. The highest BCUT2D eigenvalue weighted by Crippen LogP contribution is 2.53. The lowest BCUT2D eigenvalue weighted by molar-refractivity contribution is -0.135. The van der Waals surface area contributed by atoms with E-state index in [9.17, 15) is 19.2 Å². The van der Waals surface area contributed by atoms with Gasteiger partial charge in [0.15, 0.2) is 10.2 Å². The van der Waals surface area contributed by atoms with Gasteiger partial charge in [0.2, 0.25) is 0 Å². The van der Waals surface area contributed by atoms with Gasteiger partial charge in [-0.15, -0.1) is 79.4 Å². The molecule has 0 atom stereocenters. The monoisotopic (exact) mass is 1670 g/mol. The summed E-state index contributed by atoms with van der Waals surface area (Å²) in [5.74, 6) is -1.21. The van der Waals surface area contributed by atoms with Crippen molar-refractivity contribution in [1.29, 1.82) is 0 Å². The van der Waals surface area contributed by atoms with E-state index in [-0.39, 0.29) is 34.8 Å². The second kappa shape index (κ2) is 48.2. The van der Waals surface area contributed by atoms with Gasteiger partial charge in [-0.3, -0.25) is 38.8 Å². The van der Waals surface area contributed by atoms with E-state index in [4.69, 9.17) is 24.4 Å². The summed E-state index contributed by atoms with van der Waals surface area (Å²) in [4.78, 5) is 81.1. The lowest BCUT2D eigenvalue weighted by Crippen LogP contribution is -2.55. The molecule has 0 saturated carbocycles. The van der Waals surface area contributed by atoms with Crippen molar-refractivity contribution in [1.82, 2.24) is 19.6 Å². The van der Waals surface area contributed by atoms with Crippen molar-refractivity contribution in [3.8, 4) is 58.5 Å². The fraction of sp³-hybridized carbons (Fsp3) is 0.596. The van der Waals surface area contributed by atoms with Gasteiger partial charge in [0.05, 0.1) is 0 Å². The summed E-state index contributed by atoms with van der Waals surface area (Å²) in [6.45, 7) is 23.2. The number of aryl methyl sites for hydroxylation is 6. The van der Waals surface area contributed by atoms with Crippen LogP contribution in [0.3, 0.4) is 0 Å². The fourth-order valence-corrected chi connectivity index (χ4v) is 25.6. The predicted molar refractivity (Wildman–Crippen MR) is 497 cm³/mol. The second-order valence-electron chi connectivity index (χ2n) is 31.0. The molecule has 0 spiro atoms. The number of hydrogen-bond donors (Lipinski definition) is 0. The van der Waals surface area contributed by atoms with Crippen LogP contribution in [0.15, 0.2) is 59.7 Å². The molecule has 7 aromatic heterocycles. The van der Waals surface area contributed by atoms with Crippen LogP contribution in [-0.4, -0.2) is 79.6 Å². The number of unbranched alkanes of at least 4 members (excludes halogenated alkanes) is 30. The third kappa shape index (κ3) is 25.0. The Morgan fingerprint density at radius 1 is 0.252 bits per heavy atom. The molecule has 7 aromatic rings. The van der Waals surface area contributed by atoms with E-state index >= 15 is 0 Å². The van der Waals surface area contributed by atoms with Crippen LogP contribution < -0.4 is 0 Å². The van der Waals surface area contributed by atoms with Gasteiger partial charge in [-0.05, 0) is 223 Å². The van der Waals surface area contributed by atoms with Crippen LogP contribution in [0.4, 0.5) is 0 Å². The maximum atomic E-state index is 14.1. The van der Waals surface area contributed by atoms with Gasteiger partial charge in [0.25, 0.3) is 23.6 Å². The Labute approximate surface area is 708 Å². The number of thiocarbonyl (C=S) groups is 2. The molecule has 0 unspecified atom stereocenters. The van der Waals surface area contributed by atoms with Crippen molar-refractivity contribution < 1.29 is 19.2 Å². The molecule has 17 heteroatoms. The van der Waals surface area contributed by atoms with Crippen LogP contribution in [0.25, 0.3) is 70.7 Å². The van der Waals surface area contributed by atoms with E-state index in [0.717, 1.165) is 74.0 Å². The van der Waals surface area contributed by atoms with E-state index in [1.165, 1.54) is 297 Å². The number of likely N-dealkylation sites (N-methyl/N-ethyl adjacent to an activating group) is 4. The predicted octanol–water partition coefficient (Wildman–Crippen LogP) is 30.3. The number of hydrogen-bond acceptors (Lipinski definition) is 13. The average Bonchev–Trinajstić information content (AvgIpc) is 1.67. The zero-order valence-electron chi connectivity index (χ0n) is 69.4. The molecule has 0 bridgehead atoms. The number of carbonyl (C=O) groups excluding carboxylic acids is 4.